The molecule has 2 unspecified atom stereocenters. The molecular weight excluding hydrogens is 292 g/mol. The molecule has 8 heteroatoms. The molecule has 0 radical (unpaired) electrons. The predicted molar refractivity (Wildman–Crippen MR) is 76.9 cm³/mol. The molecule has 2 amide bonds. The van der Waals surface area contributed by atoms with E-state index < -0.39 is 30.4 Å². The van der Waals surface area contributed by atoms with Crippen LogP contribution >= 0.6 is 0 Å². The molecule has 0 saturated carbocycles. The normalized spacial score (nSPS) is 22.7. The van der Waals surface area contributed by atoms with Crippen molar-refractivity contribution in [2.45, 2.75) is 57.2 Å². The van der Waals surface area contributed by atoms with E-state index in [4.69, 9.17) is 10.2 Å². The Morgan fingerprint density at radius 3 is 2.64 bits per heavy atom. The first-order valence-electron chi connectivity index (χ1n) is 7.48. The monoisotopic (exact) mass is 316 g/mol. The molecule has 0 aromatic heterocycles. The minimum atomic E-state index is -1.65. The van der Waals surface area contributed by atoms with E-state index in [0.717, 1.165) is 12.8 Å². The quantitative estimate of drug-likeness (QED) is 0.408. The molecule has 0 aliphatic carbocycles. The van der Waals surface area contributed by atoms with Crippen LogP contribution in [0.1, 0.15) is 39.0 Å². The molecule has 1 rings (SSSR count). The fourth-order valence-corrected chi connectivity index (χ4v) is 2.53. The highest BCUT2D eigenvalue weighted by molar-refractivity contribution is 5.92. The van der Waals surface area contributed by atoms with Crippen molar-refractivity contribution in [2.24, 2.45) is 0 Å². The van der Waals surface area contributed by atoms with Gasteiger partial charge in [-0.05, 0) is 32.6 Å². The molecule has 0 bridgehead atoms. The van der Waals surface area contributed by atoms with Crippen LogP contribution in [0.2, 0.25) is 0 Å². The van der Waals surface area contributed by atoms with E-state index in [9.17, 15) is 19.5 Å². The predicted octanol–water partition coefficient (Wildman–Crippen LogP) is -0.910. The van der Waals surface area contributed by atoms with Gasteiger partial charge in [0.25, 0.3) is 0 Å². The van der Waals surface area contributed by atoms with Gasteiger partial charge in [0, 0.05) is 19.2 Å². The SMILES string of the molecule is CC1C[C@H](NC(=O)C(O)CC(=O)O)C(=O)N1CCCCCO. The number of carbonyl (C=O) groups is 3. The number of amides is 2. The van der Waals surface area contributed by atoms with Crippen LogP contribution in [0.4, 0.5) is 0 Å². The average molecular weight is 316 g/mol. The topological polar surface area (TPSA) is 127 Å². The van der Waals surface area contributed by atoms with Crippen molar-refractivity contribution in [1.29, 1.82) is 0 Å². The van der Waals surface area contributed by atoms with Gasteiger partial charge in [0.05, 0.1) is 6.42 Å². The fourth-order valence-electron chi connectivity index (χ4n) is 2.53. The van der Waals surface area contributed by atoms with Crippen molar-refractivity contribution in [3.05, 3.63) is 0 Å². The number of carbonyl (C=O) groups excluding carboxylic acids is 2. The summed E-state index contributed by atoms with van der Waals surface area (Å²) in [4.78, 5) is 36.0. The van der Waals surface area contributed by atoms with Crippen LogP contribution < -0.4 is 5.32 Å². The van der Waals surface area contributed by atoms with Gasteiger partial charge in [-0.25, -0.2) is 0 Å². The zero-order chi connectivity index (χ0) is 16.7. The Bertz CT molecular complexity index is 414. The maximum atomic E-state index is 12.2. The summed E-state index contributed by atoms with van der Waals surface area (Å²) in [6, 6.07) is -0.743. The molecular formula is C14H24N2O6. The molecule has 1 saturated heterocycles. The molecule has 4 N–H and O–H groups in total. The lowest BCUT2D eigenvalue weighted by molar-refractivity contribution is -0.144. The summed E-state index contributed by atoms with van der Waals surface area (Å²) in [7, 11) is 0. The van der Waals surface area contributed by atoms with Crippen molar-refractivity contribution in [2.75, 3.05) is 13.2 Å². The largest absolute Gasteiger partial charge is 0.481 e. The first kappa shape index (κ1) is 18.4. The Balaban J connectivity index is 2.47. The number of aliphatic hydroxyl groups is 2. The smallest absolute Gasteiger partial charge is 0.306 e. The molecule has 0 aromatic rings. The van der Waals surface area contributed by atoms with E-state index in [1.807, 2.05) is 6.92 Å². The lowest BCUT2D eigenvalue weighted by Crippen LogP contribution is -2.46. The minimum absolute atomic E-state index is 0.0245. The van der Waals surface area contributed by atoms with Crippen molar-refractivity contribution in [3.63, 3.8) is 0 Å². The molecule has 0 spiro atoms. The van der Waals surface area contributed by atoms with Crippen molar-refractivity contribution < 1.29 is 29.7 Å². The summed E-state index contributed by atoms with van der Waals surface area (Å²) in [5.41, 5.74) is 0. The number of carboxylic acid groups (broad SMARTS) is 1. The van der Waals surface area contributed by atoms with E-state index in [0.29, 0.717) is 19.4 Å². The van der Waals surface area contributed by atoms with Crippen LogP contribution in [-0.2, 0) is 14.4 Å². The van der Waals surface area contributed by atoms with E-state index >= 15 is 0 Å². The highest BCUT2D eigenvalue weighted by Crippen LogP contribution is 2.20. The Hall–Kier alpha value is -1.67. The number of hydrogen-bond donors (Lipinski definition) is 4. The number of aliphatic hydroxyl groups excluding tert-OH is 2. The van der Waals surface area contributed by atoms with Crippen LogP contribution in [0.15, 0.2) is 0 Å². The van der Waals surface area contributed by atoms with Gasteiger partial charge in [0.2, 0.25) is 11.8 Å². The summed E-state index contributed by atoms with van der Waals surface area (Å²) in [6.07, 6.45) is 0.384. The average Bonchev–Trinajstić information content (AvgIpc) is 2.69. The molecule has 1 heterocycles. The second-order valence-electron chi connectivity index (χ2n) is 5.58. The van der Waals surface area contributed by atoms with E-state index in [-0.39, 0.29) is 18.6 Å². The summed E-state index contributed by atoms with van der Waals surface area (Å²) >= 11 is 0. The molecule has 1 aliphatic heterocycles. The van der Waals surface area contributed by atoms with Crippen molar-refractivity contribution >= 4 is 17.8 Å². The van der Waals surface area contributed by atoms with Gasteiger partial charge in [0.15, 0.2) is 0 Å². The first-order chi connectivity index (χ1) is 10.4. The molecule has 22 heavy (non-hydrogen) atoms. The zero-order valence-electron chi connectivity index (χ0n) is 12.7. The molecule has 126 valence electrons. The Labute approximate surface area is 129 Å². The highest BCUT2D eigenvalue weighted by atomic mass is 16.4. The minimum Gasteiger partial charge on any atom is -0.481 e. The zero-order valence-corrected chi connectivity index (χ0v) is 12.7. The first-order valence-corrected chi connectivity index (χ1v) is 7.48. The molecule has 1 fully saturated rings. The number of aliphatic carboxylic acids is 1. The van der Waals surface area contributed by atoms with Gasteiger partial charge in [0.1, 0.15) is 12.1 Å². The van der Waals surface area contributed by atoms with Gasteiger partial charge in [-0.2, -0.15) is 0 Å². The van der Waals surface area contributed by atoms with E-state index in [1.165, 1.54) is 0 Å². The lowest BCUT2D eigenvalue weighted by Gasteiger charge is -2.21. The van der Waals surface area contributed by atoms with Crippen LogP contribution in [-0.4, -0.2) is 69.3 Å². The van der Waals surface area contributed by atoms with E-state index in [1.54, 1.807) is 4.90 Å². The number of unbranched alkanes of at least 4 members (excludes halogenated alkanes) is 2. The van der Waals surface area contributed by atoms with Gasteiger partial charge in [-0.3, -0.25) is 14.4 Å². The summed E-state index contributed by atoms with van der Waals surface area (Å²) in [6.45, 7) is 2.57. The molecule has 0 aromatic carbocycles. The van der Waals surface area contributed by atoms with Gasteiger partial charge >= 0.3 is 5.97 Å². The molecule has 3 atom stereocenters. The van der Waals surface area contributed by atoms with Crippen LogP contribution in [0.25, 0.3) is 0 Å². The van der Waals surface area contributed by atoms with E-state index in [2.05, 4.69) is 5.32 Å². The van der Waals surface area contributed by atoms with Gasteiger partial charge < -0.3 is 25.5 Å². The number of rotatable bonds is 9. The lowest BCUT2D eigenvalue weighted by atomic mass is 10.1. The Kier molecular flexibility index (Phi) is 7.26. The number of nitrogens with one attached hydrogen (secondary N) is 1. The molecule has 1 aliphatic rings. The van der Waals surface area contributed by atoms with Gasteiger partial charge in [-0.1, -0.05) is 0 Å². The highest BCUT2D eigenvalue weighted by Gasteiger charge is 2.38. The van der Waals surface area contributed by atoms with Crippen LogP contribution in [0.3, 0.4) is 0 Å². The number of carboxylic acids is 1. The summed E-state index contributed by atoms with van der Waals surface area (Å²) in [5, 5.41) is 29.1. The van der Waals surface area contributed by atoms with Gasteiger partial charge in [-0.15, -0.1) is 0 Å². The Morgan fingerprint density at radius 1 is 1.36 bits per heavy atom. The summed E-state index contributed by atoms with van der Waals surface area (Å²) < 4.78 is 0. The number of nitrogens with zero attached hydrogens (tertiary/aromatic N) is 1. The second kappa shape index (κ2) is 8.70. The second-order valence-corrected chi connectivity index (χ2v) is 5.58. The third-order valence-electron chi connectivity index (χ3n) is 3.73. The summed E-state index contributed by atoms with van der Waals surface area (Å²) in [5.74, 6) is -2.33. The van der Waals surface area contributed by atoms with Crippen LogP contribution in [0.5, 0.6) is 0 Å². The Morgan fingerprint density at radius 2 is 2.05 bits per heavy atom. The molecule has 8 nitrogen and oxygen atoms in total. The number of hydrogen-bond acceptors (Lipinski definition) is 5. The maximum Gasteiger partial charge on any atom is 0.306 e. The van der Waals surface area contributed by atoms with Crippen molar-refractivity contribution in [1.82, 2.24) is 10.2 Å². The fraction of sp³-hybridized carbons (Fsp3) is 0.786. The standard InChI is InChI=1S/C14H24N2O6/c1-9-7-10(15-13(21)11(18)8-12(19)20)14(22)16(9)5-3-2-4-6-17/h9-11,17-18H,2-8H2,1H3,(H,15,21)(H,19,20)/t9?,10-,11?/m0/s1. The van der Waals surface area contributed by atoms with Crippen molar-refractivity contribution in [3.8, 4) is 0 Å². The number of likely N-dealkylation sites (tertiary alicyclic amines) is 1. The van der Waals surface area contributed by atoms with Crippen LogP contribution in [0, 0.1) is 0 Å². The third kappa shape index (κ3) is 5.27. The third-order valence-corrected chi connectivity index (χ3v) is 3.73. The maximum absolute atomic E-state index is 12.2.